The van der Waals surface area contributed by atoms with Crippen molar-refractivity contribution < 1.29 is 9.53 Å². The number of hydrogen-bond donors (Lipinski definition) is 1. The summed E-state index contributed by atoms with van der Waals surface area (Å²) in [6.45, 7) is 9.00. The van der Waals surface area contributed by atoms with Gasteiger partial charge in [-0.25, -0.2) is 0 Å². The molecule has 1 amide bonds. The van der Waals surface area contributed by atoms with E-state index in [4.69, 9.17) is 4.74 Å². The van der Waals surface area contributed by atoms with Gasteiger partial charge in [-0.3, -0.25) is 9.59 Å². The number of rotatable bonds is 6. The van der Waals surface area contributed by atoms with Gasteiger partial charge in [-0.15, -0.1) is 0 Å². The average Bonchev–Trinajstić information content (AvgIpc) is 2.74. The first-order valence-corrected chi connectivity index (χ1v) is 10.3. The number of carbonyl (C=O) groups is 1. The zero-order valence-electron chi connectivity index (χ0n) is 17.8. The second-order valence-corrected chi connectivity index (χ2v) is 7.44. The van der Waals surface area contributed by atoms with Gasteiger partial charge in [0.25, 0.3) is 5.56 Å². The van der Waals surface area contributed by atoms with Gasteiger partial charge >= 0.3 is 0 Å². The number of hydrogen-bond acceptors (Lipinski definition) is 5. The monoisotopic (exact) mass is 408 g/mol. The maximum Gasteiger partial charge on any atom is 0.266 e. The first-order chi connectivity index (χ1) is 14.5. The molecule has 0 aliphatic carbocycles. The third-order valence-corrected chi connectivity index (χ3v) is 5.65. The van der Waals surface area contributed by atoms with Crippen LogP contribution in [0.5, 0.6) is 5.75 Å². The lowest BCUT2D eigenvalue weighted by Crippen LogP contribution is -2.49. The van der Waals surface area contributed by atoms with E-state index in [2.05, 4.69) is 16.0 Å². The fourth-order valence-electron chi connectivity index (χ4n) is 4.00. The van der Waals surface area contributed by atoms with Gasteiger partial charge in [0.05, 0.1) is 12.3 Å². The summed E-state index contributed by atoms with van der Waals surface area (Å²) < 4.78 is 5.73. The number of piperazine rings is 1. The molecule has 0 unspecified atom stereocenters. The van der Waals surface area contributed by atoms with Crippen LogP contribution in [-0.4, -0.2) is 48.6 Å². The Balaban J connectivity index is 1.61. The summed E-state index contributed by atoms with van der Waals surface area (Å²) in [4.78, 5) is 31.5. The molecule has 30 heavy (non-hydrogen) atoms. The van der Waals surface area contributed by atoms with E-state index in [1.54, 1.807) is 6.92 Å². The molecule has 7 heteroatoms. The van der Waals surface area contributed by atoms with E-state index < -0.39 is 0 Å². The molecule has 1 aromatic carbocycles. The molecule has 1 fully saturated rings. The second kappa shape index (κ2) is 9.49. The van der Waals surface area contributed by atoms with Crippen LogP contribution in [-0.2, 0) is 11.2 Å². The third kappa shape index (κ3) is 4.48. The van der Waals surface area contributed by atoms with Crippen LogP contribution in [0, 0.1) is 25.2 Å². The molecule has 1 aliphatic heterocycles. The fourth-order valence-corrected chi connectivity index (χ4v) is 4.00. The first-order valence-electron chi connectivity index (χ1n) is 10.3. The zero-order valence-corrected chi connectivity index (χ0v) is 17.8. The minimum absolute atomic E-state index is 0.0938. The zero-order chi connectivity index (χ0) is 21.7. The van der Waals surface area contributed by atoms with Crippen molar-refractivity contribution in [3.05, 3.63) is 57.0 Å². The van der Waals surface area contributed by atoms with Crippen molar-refractivity contribution in [2.45, 2.75) is 33.6 Å². The smallest absolute Gasteiger partial charge is 0.266 e. The molecular formula is C23H28N4O3. The van der Waals surface area contributed by atoms with Crippen LogP contribution in [0.3, 0.4) is 0 Å². The van der Waals surface area contributed by atoms with Crippen LogP contribution < -0.4 is 15.2 Å². The average molecular weight is 409 g/mol. The number of anilines is 1. The van der Waals surface area contributed by atoms with E-state index in [9.17, 15) is 14.9 Å². The second-order valence-electron chi connectivity index (χ2n) is 7.44. The molecule has 1 saturated heterocycles. The Kier molecular flexibility index (Phi) is 6.78. The van der Waals surface area contributed by atoms with Gasteiger partial charge in [0.2, 0.25) is 5.91 Å². The SMILES string of the molecule is CCOc1ccccc1N1CCN(C(=O)CCc2c(C)[nH]c(=O)c(C#N)c2C)CC1. The molecule has 0 bridgehead atoms. The summed E-state index contributed by atoms with van der Waals surface area (Å²) in [7, 11) is 0. The molecular weight excluding hydrogens is 380 g/mol. The predicted molar refractivity (Wildman–Crippen MR) is 116 cm³/mol. The number of aromatic amines is 1. The molecule has 0 saturated carbocycles. The topological polar surface area (TPSA) is 89.4 Å². The minimum atomic E-state index is -0.369. The number of aromatic nitrogens is 1. The lowest BCUT2D eigenvalue weighted by Gasteiger charge is -2.36. The van der Waals surface area contributed by atoms with Crippen molar-refractivity contribution >= 4 is 11.6 Å². The highest BCUT2D eigenvalue weighted by Crippen LogP contribution is 2.29. The number of ether oxygens (including phenoxy) is 1. The molecule has 1 aromatic heterocycles. The number of nitrogens with zero attached hydrogens (tertiary/aromatic N) is 3. The first kappa shape index (κ1) is 21.4. The Bertz CT molecular complexity index is 1010. The number of amides is 1. The van der Waals surface area contributed by atoms with Crippen molar-refractivity contribution in [1.29, 1.82) is 5.26 Å². The van der Waals surface area contributed by atoms with Gasteiger partial charge in [0.15, 0.2) is 0 Å². The fraction of sp³-hybridized carbons (Fsp3) is 0.435. The lowest BCUT2D eigenvalue weighted by atomic mass is 9.99. The molecule has 158 valence electrons. The number of nitriles is 1. The third-order valence-electron chi connectivity index (χ3n) is 5.65. The summed E-state index contributed by atoms with van der Waals surface area (Å²) in [6, 6.07) is 9.95. The van der Waals surface area contributed by atoms with E-state index in [1.807, 2.05) is 43.0 Å². The van der Waals surface area contributed by atoms with E-state index in [0.717, 1.165) is 35.8 Å². The summed E-state index contributed by atoms with van der Waals surface area (Å²) in [5.41, 5.74) is 3.10. The normalized spacial score (nSPS) is 13.8. The predicted octanol–water partition coefficient (Wildman–Crippen LogP) is 2.54. The van der Waals surface area contributed by atoms with Crippen molar-refractivity contribution in [2.24, 2.45) is 0 Å². The molecule has 0 spiro atoms. The number of benzene rings is 1. The van der Waals surface area contributed by atoms with Gasteiger partial charge in [-0.2, -0.15) is 5.26 Å². The van der Waals surface area contributed by atoms with Crippen LogP contribution in [0.4, 0.5) is 5.69 Å². The summed E-state index contributed by atoms with van der Waals surface area (Å²) in [5, 5.41) is 9.21. The van der Waals surface area contributed by atoms with Crippen LogP contribution in [0.25, 0.3) is 0 Å². The van der Waals surface area contributed by atoms with Crippen molar-refractivity contribution in [3.63, 3.8) is 0 Å². The van der Waals surface area contributed by atoms with E-state index in [-0.39, 0.29) is 17.0 Å². The van der Waals surface area contributed by atoms with Crippen LogP contribution >= 0.6 is 0 Å². The lowest BCUT2D eigenvalue weighted by molar-refractivity contribution is -0.131. The molecule has 0 atom stereocenters. The Labute approximate surface area is 176 Å². The number of aryl methyl sites for hydroxylation is 1. The van der Waals surface area contributed by atoms with E-state index >= 15 is 0 Å². The standard InChI is InChI=1S/C23H28N4O3/c1-4-30-21-8-6-5-7-20(21)26-11-13-27(14-12-26)22(28)10-9-18-16(2)19(15-24)23(29)25-17(18)3/h5-8H,4,9-14H2,1-3H3,(H,25,29). The molecule has 2 heterocycles. The number of pyridine rings is 1. The van der Waals surface area contributed by atoms with Gasteiger partial charge in [-0.1, -0.05) is 12.1 Å². The quantitative estimate of drug-likeness (QED) is 0.793. The molecule has 1 N–H and O–H groups in total. The number of H-pyrrole nitrogens is 1. The highest BCUT2D eigenvalue weighted by atomic mass is 16.5. The maximum absolute atomic E-state index is 12.8. The van der Waals surface area contributed by atoms with Gasteiger partial charge < -0.3 is 19.5 Å². The molecule has 1 aliphatic rings. The molecule has 2 aromatic rings. The Hall–Kier alpha value is -3.27. The minimum Gasteiger partial charge on any atom is -0.492 e. The number of nitrogens with one attached hydrogen (secondary N) is 1. The van der Waals surface area contributed by atoms with Gasteiger partial charge in [-0.05, 0) is 50.5 Å². The number of carbonyl (C=O) groups excluding carboxylic acids is 1. The van der Waals surface area contributed by atoms with Crippen molar-refractivity contribution in [1.82, 2.24) is 9.88 Å². The van der Waals surface area contributed by atoms with Crippen LogP contribution in [0.1, 0.15) is 35.7 Å². The van der Waals surface area contributed by atoms with Gasteiger partial charge in [0, 0.05) is 38.3 Å². The maximum atomic E-state index is 12.8. The Morgan fingerprint density at radius 2 is 1.90 bits per heavy atom. The Morgan fingerprint density at radius 3 is 2.57 bits per heavy atom. The van der Waals surface area contributed by atoms with Gasteiger partial charge in [0.1, 0.15) is 17.4 Å². The summed E-state index contributed by atoms with van der Waals surface area (Å²) in [5.74, 6) is 0.966. The molecule has 7 nitrogen and oxygen atoms in total. The Morgan fingerprint density at radius 1 is 1.20 bits per heavy atom. The molecule has 0 radical (unpaired) electrons. The highest BCUT2D eigenvalue weighted by molar-refractivity contribution is 5.77. The van der Waals surface area contributed by atoms with Crippen LogP contribution in [0.2, 0.25) is 0 Å². The van der Waals surface area contributed by atoms with Crippen LogP contribution in [0.15, 0.2) is 29.1 Å². The summed E-state index contributed by atoms with van der Waals surface area (Å²) >= 11 is 0. The van der Waals surface area contributed by atoms with Crippen molar-refractivity contribution in [3.8, 4) is 11.8 Å². The van der Waals surface area contributed by atoms with E-state index in [0.29, 0.717) is 38.1 Å². The number of para-hydroxylation sites is 2. The highest BCUT2D eigenvalue weighted by Gasteiger charge is 2.23. The largest absolute Gasteiger partial charge is 0.492 e. The van der Waals surface area contributed by atoms with E-state index in [1.165, 1.54) is 0 Å². The molecule has 3 rings (SSSR count). The van der Waals surface area contributed by atoms with Crippen molar-refractivity contribution in [2.75, 3.05) is 37.7 Å². The summed E-state index contributed by atoms with van der Waals surface area (Å²) in [6.07, 6.45) is 0.865.